The van der Waals surface area contributed by atoms with Crippen molar-refractivity contribution in [3.63, 3.8) is 0 Å². The minimum absolute atomic E-state index is 0.0669. The lowest BCUT2D eigenvalue weighted by molar-refractivity contribution is -0.167. The summed E-state index contributed by atoms with van der Waals surface area (Å²) in [5, 5.41) is 0. The van der Waals surface area contributed by atoms with E-state index in [9.17, 15) is 14.4 Å². The summed E-state index contributed by atoms with van der Waals surface area (Å²) >= 11 is 0. The Bertz CT molecular complexity index is 1050. The van der Waals surface area contributed by atoms with E-state index in [0.29, 0.717) is 19.3 Å². The Morgan fingerprint density at radius 1 is 0.268 bits per heavy atom. The predicted octanol–water partition coefficient (Wildman–Crippen LogP) is 21.7. The molecule has 6 heteroatoms. The smallest absolute Gasteiger partial charge is 0.306 e. The Labute approximate surface area is 443 Å². The van der Waals surface area contributed by atoms with Crippen LogP contribution in [-0.4, -0.2) is 37.2 Å². The second kappa shape index (κ2) is 60.7. The average molecular weight is 1000 g/mol. The summed E-state index contributed by atoms with van der Waals surface area (Å²) in [5.74, 6) is -0.844. The van der Waals surface area contributed by atoms with Gasteiger partial charge in [0.25, 0.3) is 0 Å². The summed E-state index contributed by atoms with van der Waals surface area (Å²) in [6, 6.07) is 0. The zero-order valence-corrected chi connectivity index (χ0v) is 48.3. The molecule has 0 aromatic rings. The maximum absolute atomic E-state index is 12.9. The highest BCUT2D eigenvalue weighted by atomic mass is 16.6. The first-order chi connectivity index (χ1) is 35.0. The first-order valence-electron chi connectivity index (χ1n) is 32.2. The van der Waals surface area contributed by atoms with Gasteiger partial charge in [0.2, 0.25) is 0 Å². The highest BCUT2D eigenvalue weighted by Gasteiger charge is 2.19. The van der Waals surface area contributed by atoms with Crippen LogP contribution in [-0.2, 0) is 28.6 Å². The zero-order valence-electron chi connectivity index (χ0n) is 48.3. The number of rotatable bonds is 60. The molecule has 0 saturated heterocycles. The lowest BCUT2D eigenvalue weighted by Gasteiger charge is -2.18. The maximum Gasteiger partial charge on any atom is 0.306 e. The lowest BCUT2D eigenvalue weighted by Crippen LogP contribution is -2.30. The second-order valence-electron chi connectivity index (χ2n) is 22.0. The molecule has 0 N–H and O–H groups in total. The predicted molar refractivity (Wildman–Crippen MR) is 307 cm³/mol. The van der Waals surface area contributed by atoms with E-state index in [1.54, 1.807) is 0 Å². The van der Waals surface area contributed by atoms with Gasteiger partial charge in [0.1, 0.15) is 13.2 Å². The molecule has 0 aromatic carbocycles. The summed E-state index contributed by atoms with van der Waals surface area (Å²) < 4.78 is 16.9. The summed E-state index contributed by atoms with van der Waals surface area (Å²) in [6.45, 7) is 6.71. The Morgan fingerprint density at radius 3 is 0.704 bits per heavy atom. The monoisotopic (exact) mass is 1000 g/mol. The van der Waals surface area contributed by atoms with Crippen molar-refractivity contribution in [3.8, 4) is 0 Å². The van der Waals surface area contributed by atoms with Gasteiger partial charge in [-0.3, -0.25) is 14.4 Å². The van der Waals surface area contributed by atoms with Crippen molar-refractivity contribution in [1.82, 2.24) is 0 Å². The SMILES string of the molecule is CCCCCCCCC=CCCCCCCCC(=O)OC(COC(=O)CCCCCCCCCCCCCCCCCCCCC)COC(=O)CCCCCCCCCCCCCCCCCCCCC. The van der Waals surface area contributed by atoms with Crippen molar-refractivity contribution in [2.45, 2.75) is 374 Å². The molecule has 0 unspecified atom stereocenters. The molecule has 0 aromatic heterocycles. The van der Waals surface area contributed by atoms with Gasteiger partial charge < -0.3 is 14.2 Å². The largest absolute Gasteiger partial charge is 0.462 e. The van der Waals surface area contributed by atoms with Gasteiger partial charge in [-0.1, -0.05) is 315 Å². The molecule has 420 valence electrons. The van der Waals surface area contributed by atoms with Gasteiger partial charge in [-0.15, -0.1) is 0 Å². The van der Waals surface area contributed by atoms with Crippen LogP contribution in [0.1, 0.15) is 367 Å². The van der Waals surface area contributed by atoms with E-state index in [-0.39, 0.29) is 31.1 Å². The average Bonchev–Trinajstić information content (AvgIpc) is 3.37. The normalized spacial score (nSPS) is 11.6. The molecule has 0 bridgehead atoms. The third-order valence-electron chi connectivity index (χ3n) is 14.8. The molecule has 0 amide bonds. The van der Waals surface area contributed by atoms with Crippen LogP contribution >= 0.6 is 0 Å². The highest BCUT2D eigenvalue weighted by molar-refractivity contribution is 5.71. The fraction of sp³-hybridized carbons (Fsp3) is 0.923. The van der Waals surface area contributed by atoms with Crippen molar-refractivity contribution in [2.75, 3.05) is 13.2 Å². The van der Waals surface area contributed by atoms with Gasteiger partial charge in [0.15, 0.2) is 6.10 Å². The summed E-state index contributed by atoms with van der Waals surface area (Å²) in [5.41, 5.74) is 0. The minimum Gasteiger partial charge on any atom is -0.462 e. The van der Waals surface area contributed by atoms with Gasteiger partial charge in [0.05, 0.1) is 0 Å². The van der Waals surface area contributed by atoms with Crippen LogP contribution in [0.2, 0.25) is 0 Å². The number of esters is 3. The standard InChI is InChI=1S/C65H124O6/c1-4-7-10-13-16-19-22-25-28-30-32-34-37-39-42-45-48-51-54-57-63(66)69-60-62(71-65(68)59-56-53-50-47-44-41-36-27-24-21-18-15-12-9-6-3)61-70-64(67)58-55-52-49-46-43-40-38-35-33-31-29-26-23-20-17-14-11-8-5-2/h27,36,62H,4-26,28-35,37-61H2,1-3H3. The molecule has 0 aliphatic rings. The fourth-order valence-electron chi connectivity index (χ4n) is 9.91. The van der Waals surface area contributed by atoms with E-state index in [4.69, 9.17) is 14.2 Å². The maximum atomic E-state index is 12.9. The van der Waals surface area contributed by atoms with Gasteiger partial charge in [-0.25, -0.2) is 0 Å². The lowest BCUT2D eigenvalue weighted by atomic mass is 10.0. The van der Waals surface area contributed by atoms with Crippen LogP contribution in [0.4, 0.5) is 0 Å². The van der Waals surface area contributed by atoms with Crippen LogP contribution < -0.4 is 0 Å². The van der Waals surface area contributed by atoms with E-state index in [1.165, 1.54) is 263 Å². The van der Waals surface area contributed by atoms with Crippen molar-refractivity contribution < 1.29 is 28.6 Å². The highest BCUT2D eigenvalue weighted by Crippen LogP contribution is 2.18. The number of carbonyl (C=O) groups is 3. The summed E-state index contributed by atoms with van der Waals surface area (Å²) in [4.78, 5) is 38.3. The number of unbranched alkanes of at least 4 members (excludes halogenated alkanes) is 47. The van der Waals surface area contributed by atoms with Gasteiger partial charge in [-0.2, -0.15) is 0 Å². The third kappa shape index (κ3) is 58.9. The molecule has 0 spiro atoms. The molecular weight excluding hydrogens is 877 g/mol. The van der Waals surface area contributed by atoms with Crippen molar-refractivity contribution in [2.24, 2.45) is 0 Å². The molecule has 71 heavy (non-hydrogen) atoms. The van der Waals surface area contributed by atoms with Crippen LogP contribution in [0.3, 0.4) is 0 Å². The van der Waals surface area contributed by atoms with Crippen molar-refractivity contribution in [1.29, 1.82) is 0 Å². The van der Waals surface area contributed by atoms with E-state index >= 15 is 0 Å². The van der Waals surface area contributed by atoms with Crippen LogP contribution in [0, 0.1) is 0 Å². The molecule has 0 radical (unpaired) electrons. The fourth-order valence-corrected chi connectivity index (χ4v) is 9.91. The number of allylic oxidation sites excluding steroid dienone is 2. The molecule has 0 atom stereocenters. The Balaban J connectivity index is 4.28. The Morgan fingerprint density at radius 2 is 0.465 bits per heavy atom. The zero-order chi connectivity index (χ0) is 51.4. The van der Waals surface area contributed by atoms with Crippen molar-refractivity contribution in [3.05, 3.63) is 12.2 Å². The number of hydrogen-bond donors (Lipinski definition) is 0. The molecule has 0 heterocycles. The molecular formula is C65H124O6. The Kier molecular flexibility index (Phi) is 59.1. The van der Waals surface area contributed by atoms with Gasteiger partial charge in [-0.05, 0) is 44.9 Å². The van der Waals surface area contributed by atoms with Gasteiger partial charge in [0, 0.05) is 19.3 Å². The topological polar surface area (TPSA) is 78.9 Å². The van der Waals surface area contributed by atoms with E-state index in [0.717, 1.165) is 64.2 Å². The van der Waals surface area contributed by atoms with E-state index < -0.39 is 6.10 Å². The molecule has 6 nitrogen and oxygen atoms in total. The minimum atomic E-state index is -0.770. The molecule has 0 fully saturated rings. The molecule has 0 rings (SSSR count). The number of ether oxygens (including phenoxy) is 3. The molecule has 0 saturated carbocycles. The van der Waals surface area contributed by atoms with Crippen LogP contribution in [0.15, 0.2) is 12.2 Å². The van der Waals surface area contributed by atoms with E-state index in [1.807, 2.05) is 0 Å². The second-order valence-corrected chi connectivity index (χ2v) is 22.0. The van der Waals surface area contributed by atoms with Crippen molar-refractivity contribution >= 4 is 17.9 Å². The van der Waals surface area contributed by atoms with E-state index in [2.05, 4.69) is 32.9 Å². The Hall–Kier alpha value is -1.85. The molecule has 0 aliphatic carbocycles. The van der Waals surface area contributed by atoms with Crippen LogP contribution in [0.5, 0.6) is 0 Å². The van der Waals surface area contributed by atoms with Gasteiger partial charge >= 0.3 is 17.9 Å². The van der Waals surface area contributed by atoms with Crippen LogP contribution in [0.25, 0.3) is 0 Å². The summed E-state index contributed by atoms with van der Waals surface area (Å²) in [7, 11) is 0. The third-order valence-corrected chi connectivity index (χ3v) is 14.8. The number of hydrogen-bond acceptors (Lipinski definition) is 6. The first kappa shape index (κ1) is 69.2. The quantitative estimate of drug-likeness (QED) is 0.0261. The summed E-state index contributed by atoms with van der Waals surface area (Å²) in [6.07, 6.45) is 70.7. The molecule has 0 aliphatic heterocycles. The first-order valence-corrected chi connectivity index (χ1v) is 32.2. The number of carbonyl (C=O) groups excluding carboxylic acids is 3.